The zero-order valence-corrected chi connectivity index (χ0v) is 8.66. The molecule has 3 heteroatoms. The summed E-state index contributed by atoms with van der Waals surface area (Å²) in [5.41, 5.74) is 1.32. The number of hydrogen-bond donors (Lipinski definition) is 1. The quantitative estimate of drug-likeness (QED) is 0.759. The van der Waals surface area contributed by atoms with Crippen molar-refractivity contribution in [3.8, 4) is 11.5 Å². The number of hydrogen-bond acceptors (Lipinski definition) is 3. The number of fused-ring (bicyclic) bond motifs is 1. The molecular formula is C12H15NO2. The Morgan fingerprint density at radius 2 is 2.00 bits per heavy atom. The maximum atomic E-state index is 5.57. The van der Waals surface area contributed by atoms with Crippen molar-refractivity contribution >= 4 is 0 Å². The number of benzene rings is 1. The SMILES string of the molecule is c1cc2c(cc1[C@H]1CCCN1)OCCO2. The van der Waals surface area contributed by atoms with E-state index < -0.39 is 0 Å². The lowest BCUT2D eigenvalue weighted by molar-refractivity contribution is 0.171. The molecule has 2 heterocycles. The molecule has 15 heavy (non-hydrogen) atoms. The number of ether oxygens (including phenoxy) is 2. The maximum absolute atomic E-state index is 5.57. The van der Waals surface area contributed by atoms with E-state index in [0.29, 0.717) is 19.3 Å². The summed E-state index contributed by atoms with van der Waals surface area (Å²) in [4.78, 5) is 0. The highest BCUT2D eigenvalue weighted by atomic mass is 16.6. The van der Waals surface area contributed by atoms with Crippen molar-refractivity contribution in [2.45, 2.75) is 18.9 Å². The van der Waals surface area contributed by atoms with Crippen LogP contribution in [0.3, 0.4) is 0 Å². The number of rotatable bonds is 1. The third kappa shape index (κ3) is 1.67. The highest BCUT2D eigenvalue weighted by molar-refractivity contribution is 5.44. The topological polar surface area (TPSA) is 30.5 Å². The van der Waals surface area contributed by atoms with Gasteiger partial charge in [0.2, 0.25) is 0 Å². The van der Waals surface area contributed by atoms with Crippen molar-refractivity contribution in [3.05, 3.63) is 23.8 Å². The third-order valence-electron chi connectivity index (χ3n) is 3.03. The summed E-state index contributed by atoms with van der Waals surface area (Å²) in [5, 5.41) is 3.48. The minimum absolute atomic E-state index is 0.501. The molecular weight excluding hydrogens is 190 g/mol. The first-order valence-corrected chi connectivity index (χ1v) is 5.56. The maximum Gasteiger partial charge on any atom is 0.161 e. The third-order valence-corrected chi connectivity index (χ3v) is 3.03. The van der Waals surface area contributed by atoms with Gasteiger partial charge in [-0.1, -0.05) is 6.07 Å². The molecule has 0 aliphatic carbocycles. The Balaban J connectivity index is 1.89. The Morgan fingerprint density at radius 3 is 2.80 bits per heavy atom. The van der Waals surface area contributed by atoms with Gasteiger partial charge in [-0.2, -0.15) is 0 Å². The van der Waals surface area contributed by atoms with E-state index in [-0.39, 0.29) is 0 Å². The molecule has 1 N–H and O–H groups in total. The lowest BCUT2D eigenvalue weighted by atomic mass is 10.0. The van der Waals surface area contributed by atoms with Crippen LogP contribution < -0.4 is 14.8 Å². The van der Waals surface area contributed by atoms with Gasteiger partial charge < -0.3 is 14.8 Å². The predicted octanol–water partition coefficient (Wildman–Crippen LogP) is 1.88. The van der Waals surface area contributed by atoms with E-state index in [1.807, 2.05) is 6.07 Å². The van der Waals surface area contributed by atoms with Gasteiger partial charge in [0, 0.05) is 6.04 Å². The fourth-order valence-corrected chi connectivity index (χ4v) is 2.25. The normalized spacial score (nSPS) is 24.1. The molecule has 1 saturated heterocycles. The van der Waals surface area contributed by atoms with Crippen molar-refractivity contribution in [2.75, 3.05) is 19.8 Å². The van der Waals surface area contributed by atoms with Gasteiger partial charge in [-0.05, 0) is 37.1 Å². The van der Waals surface area contributed by atoms with E-state index in [0.717, 1.165) is 18.0 Å². The monoisotopic (exact) mass is 205 g/mol. The summed E-state index contributed by atoms with van der Waals surface area (Å²) in [6, 6.07) is 6.76. The summed E-state index contributed by atoms with van der Waals surface area (Å²) < 4.78 is 11.1. The Hall–Kier alpha value is -1.22. The van der Waals surface area contributed by atoms with Crippen LogP contribution in [0, 0.1) is 0 Å². The zero-order chi connectivity index (χ0) is 10.1. The van der Waals surface area contributed by atoms with E-state index >= 15 is 0 Å². The largest absolute Gasteiger partial charge is 0.486 e. The van der Waals surface area contributed by atoms with Gasteiger partial charge in [0.05, 0.1) is 0 Å². The Kier molecular flexibility index (Phi) is 2.25. The molecule has 0 unspecified atom stereocenters. The van der Waals surface area contributed by atoms with Gasteiger partial charge in [0.25, 0.3) is 0 Å². The highest BCUT2D eigenvalue weighted by Gasteiger charge is 2.19. The molecule has 0 saturated carbocycles. The van der Waals surface area contributed by atoms with Crippen molar-refractivity contribution in [3.63, 3.8) is 0 Å². The van der Waals surface area contributed by atoms with Crippen LogP contribution in [0.5, 0.6) is 11.5 Å². The minimum atomic E-state index is 0.501. The van der Waals surface area contributed by atoms with Crippen LogP contribution in [-0.2, 0) is 0 Å². The lowest BCUT2D eigenvalue weighted by Crippen LogP contribution is -2.17. The molecule has 1 atom stereocenters. The first-order valence-electron chi connectivity index (χ1n) is 5.56. The van der Waals surface area contributed by atoms with Crippen LogP contribution in [0.25, 0.3) is 0 Å². The van der Waals surface area contributed by atoms with E-state index in [2.05, 4.69) is 17.4 Å². The zero-order valence-electron chi connectivity index (χ0n) is 8.66. The summed E-state index contributed by atoms with van der Waals surface area (Å²) in [6.45, 7) is 2.45. The Labute approximate surface area is 89.4 Å². The van der Waals surface area contributed by atoms with Gasteiger partial charge >= 0.3 is 0 Å². The lowest BCUT2D eigenvalue weighted by Gasteiger charge is -2.20. The van der Waals surface area contributed by atoms with Gasteiger partial charge in [-0.3, -0.25) is 0 Å². The van der Waals surface area contributed by atoms with Crippen molar-refractivity contribution < 1.29 is 9.47 Å². The van der Waals surface area contributed by atoms with Gasteiger partial charge in [0.15, 0.2) is 11.5 Å². The van der Waals surface area contributed by atoms with E-state index in [9.17, 15) is 0 Å². The summed E-state index contributed by atoms with van der Waals surface area (Å²) >= 11 is 0. The molecule has 3 rings (SSSR count). The standard InChI is InChI=1S/C12H15NO2/c1-2-10(13-5-1)9-3-4-11-12(8-9)15-7-6-14-11/h3-4,8,10,13H,1-2,5-7H2/t10-/m1/s1. The molecule has 80 valence electrons. The van der Waals surface area contributed by atoms with Gasteiger partial charge in [-0.25, -0.2) is 0 Å². The smallest absolute Gasteiger partial charge is 0.161 e. The van der Waals surface area contributed by atoms with E-state index in [1.54, 1.807) is 0 Å². The van der Waals surface area contributed by atoms with Crippen molar-refractivity contribution in [1.29, 1.82) is 0 Å². The number of nitrogens with one attached hydrogen (secondary N) is 1. The molecule has 1 fully saturated rings. The van der Waals surface area contributed by atoms with Crippen molar-refractivity contribution in [2.24, 2.45) is 0 Å². The first kappa shape index (κ1) is 9.04. The second-order valence-corrected chi connectivity index (χ2v) is 4.05. The van der Waals surface area contributed by atoms with Gasteiger partial charge in [-0.15, -0.1) is 0 Å². The summed E-state index contributed by atoms with van der Waals surface area (Å²) in [7, 11) is 0. The van der Waals surface area contributed by atoms with E-state index in [4.69, 9.17) is 9.47 Å². The van der Waals surface area contributed by atoms with Crippen LogP contribution in [0.4, 0.5) is 0 Å². The molecule has 0 bridgehead atoms. The Morgan fingerprint density at radius 1 is 1.13 bits per heavy atom. The second-order valence-electron chi connectivity index (χ2n) is 4.05. The fourth-order valence-electron chi connectivity index (χ4n) is 2.25. The molecule has 1 aromatic carbocycles. The van der Waals surface area contributed by atoms with Crippen molar-refractivity contribution in [1.82, 2.24) is 5.32 Å². The predicted molar refractivity (Wildman–Crippen MR) is 57.4 cm³/mol. The molecule has 1 aromatic rings. The average Bonchev–Trinajstić information content (AvgIpc) is 2.82. The molecule has 0 spiro atoms. The van der Waals surface area contributed by atoms with Crippen LogP contribution in [0.2, 0.25) is 0 Å². The molecule has 0 aromatic heterocycles. The van der Waals surface area contributed by atoms with Crippen LogP contribution >= 0.6 is 0 Å². The van der Waals surface area contributed by atoms with Gasteiger partial charge in [0.1, 0.15) is 13.2 Å². The minimum Gasteiger partial charge on any atom is -0.486 e. The first-order chi connectivity index (χ1) is 7.43. The molecule has 2 aliphatic heterocycles. The van der Waals surface area contributed by atoms with E-state index in [1.165, 1.54) is 18.4 Å². The molecule has 0 amide bonds. The summed E-state index contributed by atoms with van der Waals surface area (Å²) in [6.07, 6.45) is 2.48. The molecule has 0 radical (unpaired) electrons. The second kappa shape index (κ2) is 3.74. The average molecular weight is 205 g/mol. The Bertz CT molecular complexity index is 359. The molecule has 3 nitrogen and oxygen atoms in total. The summed E-state index contributed by atoms with van der Waals surface area (Å²) in [5.74, 6) is 1.77. The van der Waals surface area contributed by atoms with Crippen LogP contribution in [0.1, 0.15) is 24.4 Å². The van der Waals surface area contributed by atoms with Crippen LogP contribution in [0.15, 0.2) is 18.2 Å². The molecule has 2 aliphatic rings. The fraction of sp³-hybridized carbons (Fsp3) is 0.500. The highest BCUT2D eigenvalue weighted by Crippen LogP contribution is 2.34. The van der Waals surface area contributed by atoms with Crippen LogP contribution in [-0.4, -0.2) is 19.8 Å².